The van der Waals surface area contributed by atoms with E-state index in [4.69, 9.17) is 9.47 Å². The van der Waals surface area contributed by atoms with Crippen LogP contribution in [0.25, 0.3) is 0 Å². The molecule has 0 atom stereocenters. The highest BCUT2D eigenvalue weighted by molar-refractivity contribution is 7.89. The number of carbonyl (C=O) groups is 2. The summed E-state index contributed by atoms with van der Waals surface area (Å²) in [4.78, 5) is 25.4. The van der Waals surface area contributed by atoms with Crippen molar-refractivity contribution in [3.63, 3.8) is 0 Å². The van der Waals surface area contributed by atoms with Crippen LogP contribution in [-0.4, -0.2) is 44.4 Å². The Kier molecular flexibility index (Phi) is 8.48. The monoisotopic (exact) mass is 536 g/mol. The predicted octanol–water partition coefficient (Wildman–Crippen LogP) is 4.51. The Bertz CT molecular complexity index is 1350. The third kappa shape index (κ3) is 6.23. The summed E-state index contributed by atoms with van der Waals surface area (Å²) in [5, 5.41) is 2.78. The number of hydrogen-bond acceptors (Lipinski definition) is 6. The van der Waals surface area contributed by atoms with Crippen molar-refractivity contribution < 1.29 is 27.5 Å². The van der Waals surface area contributed by atoms with E-state index in [1.807, 2.05) is 37.3 Å². The van der Waals surface area contributed by atoms with Gasteiger partial charge in [0.2, 0.25) is 15.9 Å². The van der Waals surface area contributed by atoms with Crippen molar-refractivity contribution in [2.45, 2.75) is 43.5 Å². The fourth-order valence-electron chi connectivity index (χ4n) is 4.27. The molecular formula is C29H32N2O6S. The normalized spacial score (nSPS) is 14.1. The second kappa shape index (κ2) is 11.8. The molecule has 1 aliphatic rings. The SMILES string of the molecule is CCOC(=O)C1(c2ccc(NC(=O)CN(Cc3ccccc3)S(=O)(=O)c3ccc(OCC)cc3)cc2)CC1. The van der Waals surface area contributed by atoms with E-state index in [1.54, 1.807) is 43.3 Å². The zero-order chi connectivity index (χ0) is 27.2. The zero-order valence-electron chi connectivity index (χ0n) is 21.6. The first-order chi connectivity index (χ1) is 18.3. The highest BCUT2D eigenvalue weighted by Crippen LogP contribution is 2.49. The molecule has 0 unspecified atom stereocenters. The van der Waals surface area contributed by atoms with Crippen molar-refractivity contribution in [3.05, 3.63) is 90.0 Å². The van der Waals surface area contributed by atoms with Crippen LogP contribution in [0.15, 0.2) is 83.8 Å². The number of rotatable bonds is 12. The number of amides is 1. The lowest BCUT2D eigenvalue weighted by molar-refractivity contribution is -0.146. The van der Waals surface area contributed by atoms with Crippen LogP contribution in [0.1, 0.15) is 37.8 Å². The number of anilines is 1. The molecule has 0 aromatic heterocycles. The Morgan fingerprint density at radius 3 is 2.13 bits per heavy atom. The van der Waals surface area contributed by atoms with Crippen LogP contribution in [0.2, 0.25) is 0 Å². The molecule has 1 aliphatic carbocycles. The molecular weight excluding hydrogens is 504 g/mol. The first kappa shape index (κ1) is 27.3. The topological polar surface area (TPSA) is 102 Å². The molecule has 38 heavy (non-hydrogen) atoms. The number of nitrogens with one attached hydrogen (secondary N) is 1. The van der Waals surface area contributed by atoms with Crippen molar-refractivity contribution in [2.24, 2.45) is 0 Å². The van der Waals surface area contributed by atoms with E-state index < -0.39 is 21.3 Å². The van der Waals surface area contributed by atoms with E-state index in [1.165, 1.54) is 12.1 Å². The number of nitrogens with zero attached hydrogens (tertiary/aromatic N) is 1. The minimum absolute atomic E-state index is 0.0325. The lowest BCUT2D eigenvalue weighted by Gasteiger charge is -2.22. The molecule has 1 fully saturated rings. The fraction of sp³-hybridized carbons (Fsp3) is 0.310. The van der Waals surface area contributed by atoms with Gasteiger partial charge < -0.3 is 14.8 Å². The minimum atomic E-state index is -3.99. The van der Waals surface area contributed by atoms with E-state index >= 15 is 0 Å². The van der Waals surface area contributed by atoms with Crippen LogP contribution in [-0.2, 0) is 36.3 Å². The quantitative estimate of drug-likeness (QED) is 0.342. The van der Waals surface area contributed by atoms with Crippen molar-refractivity contribution in [2.75, 3.05) is 25.1 Å². The summed E-state index contributed by atoms with van der Waals surface area (Å²) in [7, 11) is -3.99. The third-order valence-corrected chi connectivity index (χ3v) is 8.24. The summed E-state index contributed by atoms with van der Waals surface area (Å²) < 4.78 is 38.9. The van der Waals surface area contributed by atoms with Gasteiger partial charge in [0.15, 0.2) is 0 Å². The summed E-state index contributed by atoms with van der Waals surface area (Å²) in [6, 6.07) is 22.3. The van der Waals surface area contributed by atoms with E-state index in [2.05, 4.69) is 5.32 Å². The zero-order valence-corrected chi connectivity index (χ0v) is 22.4. The Hall–Kier alpha value is -3.69. The number of benzene rings is 3. The second-order valence-corrected chi connectivity index (χ2v) is 11.0. The van der Waals surface area contributed by atoms with Crippen molar-refractivity contribution in [1.29, 1.82) is 0 Å². The number of ether oxygens (including phenoxy) is 2. The maximum absolute atomic E-state index is 13.5. The van der Waals surface area contributed by atoms with Gasteiger partial charge >= 0.3 is 5.97 Å². The number of sulfonamides is 1. The predicted molar refractivity (Wildman–Crippen MR) is 144 cm³/mol. The van der Waals surface area contributed by atoms with Crippen LogP contribution < -0.4 is 10.1 Å². The first-order valence-corrected chi connectivity index (χ1v) is 14.1. The molecule has 1 N–H and O–H groups in total. The van der Waals surface area contributed by atoms with E-state index in [0.717, 1.165) is 28.3 Å². The average Bonchev–Trinajstić information content (AvgIpc) is 3.72. The maximum atomic E-state index is 13.5. The van der Waals surface area contributed by atoms with Crippen molar-refractivity contribution in [3.8, 4) is 5.75 Å². The van der Waals surface area contributed by atoms with Crippen molar-refractivity contribution in [1.82, 2.24) is 4.31 Å². The number of carbonyl (C=O) groups excluding carboxylic acids is 2. The molecule has 1 amide bonds. The molecule has 0 bridgehead atoms. The molecule has 9 heteroatoms. The fourth-order valence-corrected chi connectivity index (χ4v) is 5.66. The largest absolute Gasteiger partial charge is 0.494 e. The van der Waals surface area contributed by atoms with Gasteiger partial charge in [-0.05, 0) is 74.2 Å². The van der Waals surface area contributed by atoms with Gasteiger partial charge in [-0.2, -0.15) is 4.31 Å². The van der Waals surface area contributed by atoms with Crippen LogP contribution in [0.3, 0.4) is 0 Å². The summed E-state index contributed by atoms with van der Waals surface area (Å²) in [5.74, 6) is -0.138. The molecule has 4 rings (SSSR count). The Morgan fingerprint density at radius 1 is 0.895 bits per heavy atom. The van der Waals surface area contributed by atoms with Gasteiger partial charge in [-0.1, -0.05) is 42.5 Å². The number of hydrogen-bond donors (Lipinski definition) is 1. The Morgan fingerprint density at radius 2 is 1.55 bits per heavy atom. The van der Waals surface area contributed by atoms with Crippen LogP contribution >= 0.6 is 0 Å². The molecule has 0 aliphatic heterocycles. The van der Waals surface area contributed by atoms with Gasteiger partial charge in [-0.15, -0.1) is 0 Å². The van der Waals surface area contributed by atoms with Crippen LogP contribution in [0, 0.1) is 0 Å². The molecule has 0 saturated heterocycles. The van der Waals surface area contributed by atoms with Crippen molar-refractivity contribution >= 4 is 27.6 Å². The van der Waals surface area contributed by atoms with Gasteiger partial charge in [0.05, 0.1) is 30.1 Å². The molecule has 0 heterocycles. The van der Waals surface area contributed by atoms with Gasteiger partial charge in [-0.3, -0.25) is 9.59 Å². The Balaban J connectivity index is 1.50. The van der Waals surface area contributed by atoms with E-state index in [0.29, 0.717) is 24.7 Å². The molecule has 0 radical (unpaired) electrons. The molecule has 0 spiro atoms. The summed E-state index contributed by atoms with van der Waals surface area (Å²) in [6.45, 7) is 4.08. The van der Waals surface area contributed by atoms with Gasteiger partial charge in [0.1, 0.15) is 5.75 Å². The summed E-state index contributed by atoms with van der Waals surface area (Å²) >= 11 is 0. The molecule has 8 nitrogen and oxygen atoms in total. The number of esters is 1. The summed E-state index contributed by atoms with van der Waals surface area (Å²) in [6.07, 6.45) is 1.46. The minimum Gasteiger partial charge on any atom is -0.494 e. The van der Waals surface area contributed by atoms with E-state index in [-0.39, 0.29) is 24.0 Å². The third-order valence-electron chi connectivity index (χ3n) is 6.43. The maximum Gasteiger partial charge on any atom is 0.316 e. The lowest BCUT2D eigenvalue weighted by Crippen LogP contribution is -2.37. The molecule has 3 aromatic carbocycles. The standard InChI is InChI=1S/C29H32N2O6S/c1-3-36-25-14-16-26(17-15-25)38(34,35)31(20-22-8-6-5-7-9-22)21-27(32)30-24-12-10-23(11-13-24)29(18-19-29)28(33)37-4-2/h5-17H,3-4,18-21H2,1-2H3,(H,30,32). The molecule has 3 aromatic rings. The molecule has 200 valence electrons. The summed E-state index contributed by atoms with van der Waals surface area (Å²) in [5.41, 5.74) is 1.51. The highest BCUT2D eigenvalue weighted by atomic mass is 32.2. The average molecular weight is 537 g/mol. The molecule has 1 saturated carbocycles. The first-order valence-electron chi connectivity index (χ1n) is 12.6. The van der Waals surface area contributed by atoms with Gasteiger partial charge in [0.25, 0.3) is 0 Å². The Labute approximate surface area is 223 Å². The van der Waals surface area contributed by atoms with Gasteiger partial charge in [0, 0.05) is 12.2 Å². The second-order valence-electron chi connectivity index (χ2n) is 9.09. The van der Waals surface area contributed by atoms with Crippen LogP contribution in [0.5, 0.6) is 5.75 Å². The van der Waals surface area contributed by atoms with E-state index in [9.17, 15) is 18.0 Å². The van der Waals surface area contributed by atoms with Gasteiger partial charge in [-0.25, -0.2) is 8.42 Å². The highest BCUT2D eigenvalue weighted by Gasteiger charge is 2.52. The lowest BCUT2D eigenvalue weighted by atomic mass is 9.96. The van der Waals surface area contributed by atoms with Crippen LogP contribution in [0.4, 0.5) is 5.69 Å². The smallest absolute Gasteiger partial charge is 0.316 e.